The van der Waals surface area contributed by atoms with Crippen molar-refractivity contribution < 1.29 is 13.2 Å². The van der Waals surface area contributed by atoms with Crippen LogP contribution in [0.1, 0.15) is 30.3 Å². The molecule has 0 aliphatic heterocycles. The highest BCUT2D eigenvalue weighted by Crippen LogP contribution is 2.32. The Labute approximate surface area is 169 Å². The Kier molecular flexibility index (Phi) is 5.04. The first-order chi connectivity index (χ1) is 13.9. The van der Waals surface area contributed by atoms with E-state index < -0.39 is 11.7 Å². The minimum absolute atomic E-state index is 0.363. The van der Waals surface area contributed by atoms with Crippen molar-refractivity contribution in [3.8, 4) is 11.4 Å². The number of imidazole rings is 2. The quantitative estimate of drug-likeness (QED) is 0.443. The molecule has 3 heterocycles. The Morgan fingerprint density at radius 2 is 1.97 bits per heavy atom. The smallest absolute Gasteiger partial charge is 0.325 e. The fourth-order valence-electron chi connectivity index (χ4n) is 3.31. The third-order valence-corrected chi connectivity index (χ3v) is 4.79. The molecule has 0 N–H and O–H groups in total. The average molecular weight is 420 g/mol. The molecular formula is C20H17ClF3N5. The lowest BCUT2D eigenvalue weighted by atomic mass is 10.1. The van der Waals surface area contributed by atoms with Crippen molar-refractivity contribution in [1.82, 2.24) is 24.1 Å². The zero-order valence-electron chi connectivity index (χ0n) is 15.5. The number of halogens is 4. The van der Waals surface area contributed by atoms with E-state index >= 15 is 0 Å². The van der Waals surface area contributed by atoms with Crippen molar-refractivity contribution in [1.29, 1.82) is 0 Å². The Morgan fingerprint density at radius 3 is 2.72 bits per heavy atom. The summed E-state index contributed by atoms with van der Waals surface area (Å²) < 4.78 is 42.8. The summed E-state index contributed by atoms with van der Waals surface area (Å²) in [7, 11) is 0. The van der Waals surface area contributed by atoms with Crippen molar-refractivity contribution in [2.24, 2.45) is 0 Å². The highest BCUT2D eigenvalue weighted by Gasteiger charge is 2.30. The summed E-state index contributed by atoms with van der Waals surface area (Å²) in [6, 6.07) is 8.63. The van der Waals surface area contributed by atoms with E-state index in [1.807, 2.05) is 0 Å². The molecule has 0 spiro atoms. The van der Waals surface area contributed by atoms with Gasteiger partial charge >= 0.3 is 6.18 Å². The van der Waals surface area contributed by atoms with E-state index in [1.54, 1.807) is 39.7 Å². The van der Waals surface area contributed by atoms with Gasteiger partial charge in [0.05, 0.1) is 23.5 Å². The SMILES string of the molecule is CCCc1c(Cn2ccnc2-c2cccc(C(F)(F)F)c2)nc2ccc(Cl)nn12. The molecule has 1 aromatic carbocycles. The summed E-state index contributed by atoms with van der Waals surface area (Å²) in [5, 5.41) is 4.70. The lowest BCUT2D eigenvalue weighted by Gasteiger charge is -2.11. The molecule has 4 aromatic rings. The molecule has 0 aliphatic carbocycles. The fraction of sp³-hybridized carbons (Fsp3) is 0.250. The van der Waals surface area contributed by atoms with Crippen LogP contribution < -0.4 is 0 Å². The standard InChI is InChI=1S/C20H17ClF3N5/c1-2-4-16-15(26-18-8-7-17(21)27-29(16)18)12-28-10-9-25-19(28)13-5-3-6-14(11-13)20(22,23)24/h3,5-11H,2,4,12H2,1H3. The van der Waals surface area contributed by atoms with Crippen LogP contribution in [0.2, 0.25) is 5.15 Å². The van der Waals surface area contributed by atoms with Crippen LogP contribution in [-0.2, 0) is 19.1 Å². The first-order valence-electron chi connectivity index (χ1n) is 9.08. The summed E-state index contributed by atoms with van der Waals surface area (Å²) in [6.07, 6.45) is 0.529. The van der Waals surface area contributed by atoms with E-state index in [2.05, 4.69) is 22.0 Å². The Bertz CT molecular complexity index is 1160. The molecule has 0 atom stereocenters. The lowest BCUT2D eigenvalue weighted by Crippen LogP contribution is -2.07. The van der Waals surface area contributed by atoms with E-state index in [4.69, 9.17) is 11.6 Å². The molecule has 0 bridgehead atoms. The van der Waals surface area contributed by atoms with E-state index in [0.717, 1.165) is 36.4 Å². The van der Waals surface area contributed by atoms with Crippen LogP contribution in [0, 0.1) is 0 Å². The van der Waals surface area contributed by atoms with E-state index in [0.29, 0.717) is 28.7 Å². The number of aryl methyl sites for hydroxylation is 1. The zero-order chi connectivity index (χ0) is 20.6. The molecule has 0 saturated heterocycles. The highest BCUT2D eigenvalue weighted by molar-refractivity contribution is 6.29. The molecule has 0 unspecified atom stereocenters. The van der Waals surface area contributed by atoms with Gasteiger partial charge in [-0.1, -0.05) is 37.1 Å². The maximum Gasteiger partial charge on any atom is 0.416 e. The second-order valence-electron chi connectivity index (χ2n) is 6.64. The molecule has 0 aliphatic rings. The van der Waals surface area contributed by atoms with E-state index in [1.165, 1.54) is 6.07 Å². The number of hydrogen-bond donors (Lipinski definition) is 0. The summed E-state index contributed by atoms with van der Waals surface area (Å²) in [6.45, 7) is 2.42. The van der Waals surface area contributed by atoms with Gasteiger partial charge < -0.3 is 4.57 Å². The zero-order valence-corrected chi connectivity index (χ0v) is 16.2. The molecule has 9 heteroatoms. The van der Waals surface area contributed by atoms with Crippen molar-refractivity contribution >= 4 is 17.2 Å². The largest absolute Gasteiger partial charge is 0.416 e. The van der Waals surface area contributed by atoms with Crippen molar-refractivity contribution in [3.63, 3.8) is 0 Å². The van der Waals surface area contributed by atoms with Crippen LogP contribution in [0.5, 0.6) is 0 Å². The van der Waals surface area contributed by atoms with Crippen LogP contribution >= 0.6 is 11.6 Å². The summed E-state index contributed by atoms with van der Waals surface area (Å²) in [5.41, 5.74) is 2.07. The Hall–Kier alpha value is -2.87. The molecule has 0 amide bonds. The van der Waals surface area contributed by atoms with Gasteiger partial charge in [0.25, 0.3) is 0 Å². The van der Waals surface area contributed by atoms with Crippen molar-refractivity contribution in [3.05, 3.63) is 70.9 Å². The monoisotopic (exact) mass is 419 g/mol. The van der Waals surface area contributed by atoms with E-state index in [-0.39, 0.29) is 0 Å². The number of rotatable bonds is 5. The maximum atomic E-state index is 13.1. The molecule has 0 fully saturated rings. The van der Waals surface area contributed by atoms with Gasteiger partial charge in [-0.15, -0.1) is 0 Å². The number of benzene rings is 1. The second kappa shape index (κ2) is 7.51. The normalized spacial score (nSPS) is 12.0. The number of aromatic nitrogens is 5. The van der Waals surface area contributed by atoms with Crippen molar-refractivity contribution in [2.45, 2.75) is 32.5 Å². The Morgan fingerprint density at radius 1 is 1.14 bits per heavy atom. The van der Waals surface area contributed by atoms with Crippen LogP contribution in [0.15, 0.2) is 48.8 Å². The summed E-state index contributed by atoms with van der Waals surface area (Å²) in [4.78, 5) is 8.93. The first kappa shape index (κ1) is 19.4. The van der Waals surface area contributed by atoms with Crippen LogP contribution in [0.25, 0.3) is 17.0 Å². The molecular weight excluding hydrogens is 403 g/mol. The van der Waals surface area contributed by atoms with E-state index in [9.17, 15) is 13.2 Å². The molecule has 0 saturated carbocycles. The van der Waals surface area contributed by atoms with Crippen LogP contribution in [-0.4, -0.2) is 24.1 Å². The van der Waals surface area contributed by atoms with Gasteiger partial charge in [-0.2, -0.15) is 18.3 Å². The highest BCUT2D eigenvalue weighted by atomic mass is 35.5. The predicted octanol–water partition coefficient (Wildman–Crippen LogP) is 5.27. The van der Waals surface area contributed by atoms with Gasteiger partial charge in [0.1, 0.15) is 11.0 Å². The van der Waals surface area contributed by atoms with Crippen molar-refractivity contribution in [2.75, 3.05) is 0 Å². The van der Waals surface area contributed by atoms with Crippen LogP contribution in [0.4, 0.5) is 13.2 Å². The molecule has 0 radical (unpaired) electrons. The molecule has 4 rings (SSSR count). The molecule has 3 aromatic heterocycles. The summed E-state index contributed by atoms with van der Waals surface area (Å²) >= 11 is 6.03. The third-order valence-electron chi connectivity index (χ3n) is 4.59. The van der Waals surface area contributed by atoms with Gasteiger partial charge in [0.2, 0.25) is 0 Å². The second-order valence-corrected chi connectivity index (χ2v) is 7.03. The Balaban J connectivity index is 1.75. The maximum absolute atomic E-state index is 13.1. The van der Waals surface area contributed by atoms with Gasteiger partial charge in [0, 0.05) is 18.0 Å². The summed E-state index contributed by atoms with van der Waals surface area (Å²) in [5.74, 6) is 0.446. The number of nitrogens with zero attached hydrogens (tertiary/aromatic N) is 5. The third kappa shape index (κ3) is 3.85. The first-order valence-corrected chi connectivity index (χ1v) is 9.46. The molecule has 150 valence electrons. The predicted molar refractivity (Wildman–Crippen MR) is 104 cm³/mol. The number of fused-ring (bicyclic) bond motifs is 1. The topological polar surface area (TPSA) is 48.0 Å². The molecule has 29 heavy (non-hydrogen) atoms. The van der Waals surface area contributed by atoms with Gasteiger partial charge in [-0.25, -0.2) is 14.5 Å². The fourth-order valence-corrected chi connectivity index (χ4v) is 3.45. The van der Waals surface area contributed by atoms with Gasteiger partial charge in [-0.05, 0) is 30.7 Å². The van der Waals surface area contributed by atoms with Gasteiger partial charge in [-0.3, -0.25) is 0 Å². The lowest BCUT2D eigenvalue weighted by molar-refractivity contribution is -0.137. The molecule has 5 nitrogen and oxygen atoms in total. The average Bonchev–Trinajstić information content (AvgIpc) is 3.27. The number of alkyl halides is 3. The number of hydrogen-bond acceptors (Lipinski definition) is 3. The van der Waals surface area contributed by atoms with Gasteiger partial charge in [0.15, 0.2) is 5.65 Å². The minimum atomic E-state index is -4.41. The minimum Gasteiger partial charge on any atom is -0.325 e. The van der Waals surface area contributed by atoms with Crippen LogP contribution in [0.3, 0.4) is 0 Å².